The zero-order chi connectivity index (χ0) is 24.6. The summed E-state index contributed by atoms with van der Waals surface area (Å²) in [6, 6.07) is 16.8. The van der Waals surface area contributed by atoms with E-state index in [9.17, 15) is 17.6 Å². The van der Waals surface area contributed by atoms with Crippen molar-refractivity contribution in [2.24, 2.45) is 0 Å². The first-order valence-electron chi connectivity index (χ1n) is 10.0. The Labute approximate surface area is 206 Å². The molecule has 174 valence electrons. The summed E-state index contributed by atoms with van der Waals surface area (Å²) in [7, 11) is -2.81. The van der Waals surface area contributed by atoms with E-state index < -0.39 is 21.8 Å². The highest BCUT2D eigenvalue weighted by Crippen LogP contribution is 2.37. The number of benzene rings is 4. The predicted octanol–water partition coefficient (Wildman–Crippen LogP) is 6.85. The third-order valence-electron chi connectivity index (χ3n) is 5.35. The molecule has 9 heteroatoms. The van der Waals surface area contributed by atoms with Gasteiger partial charge in [0, 0.05) is 16.0 Å². The number of anilines is 1. The number of hydrogen-bond donors (Lipinski definition) is 1. The highest BCUT2D eigenvalue weighted by molar-refractivity contribution is 7.92. The van der Waals surface area contributed by atoms with Gasteiger partial charge >= 0.3 is 5.97 Å². The topological polar surface area (TPSA) is 72.5 Å². The monoisotopic (exact) mass is 517 g/mol. The van der Waals surface area contributed by atoms with Crippen LogP contribution < -0.4 is 4.72 Å². The second-order valence-electron chi connectivity index (χ2n) is 7.53. The predicted molar refractivity (Wildman–Crippen MR) is 133 cm³/mol. The lowest BCUT2D eigenvalue weighted by molar-refractivity contribution is 0.0600. The molecule has 0 bridgehead atoms. The van der Waals surface area contributed by atoms with Gasteiger partial charge in [0.15, 0.2) is 0 Å². The quantitative estimate of drug-likeness (QED) is 0.294. The number of sulfonamides is 1. The Hall–Kier alpha value is -3.13. The number of carbonyl (C=O) groups excluding carboxylic acids is 1. The van der Waals surface area contributed by atoms with Crippen LogP contribution in [-0.2, 0) is 14.8 Å². The van der Waals surface area contributed by atoms with Crippen LogP contribution in [0.5, 0.6) is 0 Å². The molecule has 0 radical (unpaired) electrons. The standard InChI is InChI=1S/C25H18Cl2FNO4S/c1-14-11-24(21(27)13-20(14)26)34(31,32)29-23-10-8-17(16-5-3-4-6-18(16)23)19-12-15(25(30)33-2)7-9-22(19)28/h3-13,29H,1-2H3. The molecule has 0 aliphatic carbocycles. The van der Waals surface area contributed by atoms with Gasteiger partial charge in [0.05, 0.1) is 23.4 Å². The average molecular weight is 518 g/mol. The lowest BCUT2D eigenvalue weighted by Gasteiger charge is -2.15. The molecule has 0 atom stereocenters. The van der Waals surface area contributed by atoms with E-state index in [2.05, 4.69) is 4.72 Å². The first-order valence-corrected chi connectivity index (χ1v) is 12.2. The number of rotatable bonds is 5. The van der Waals surface area contributed by atoms with Crippen molar-refractivity contribution in [3.05, 3.63) is 93.7 Å². The van der Waals surface area contributed by atoms with Gasteiger partial charge < -0.3 is 4.74 Å². The number of hydrogen-bond acceptors (Lipinski definition) is 4. The van der Waals surface area contributed by atoms with Crippen LogP contribution in [0.1, 0.15) is 15.9 Å². The van der Waals surface area contributed by atoms with Crippen molar-refractivity contribution >= 4 is 55.7 Å². The summed E-state index contributed by atoms with van der Waals surface area (Å²) < 4.78 is 48.4. The van der Waals surface area contributed by atoms with Gasteiger partial charge in [0.25, 0.3) is 10.0 Å². The molecular weight excluding hydrogens is 500 g/mol. The van der Waals surface area contributed by atoms with Crippen LogP contribution in [0, 0.1) is 12.7 Å². The number of nitrogens with one attached hydrogen (secondary N) is 1. The van der Waals surface area contributed by atoms with E-state index in [4.69, 9.17) is 27.9 Å². The number of ether oxygens (including phenoxy) is 1. The van der Waals surface area contributed by atoms with Gasteiger partial charge in [0.1, 0.15) is 10.7 Å². The lowest BCUT2D eigenvalue weighted by atomic mass is 9.95. The summed E-state index contributed by atoms with van der Waals surface area (Å²) in [5.74, 6) is -1.13. The fraction of sp³-hybridized carbons (Fsp3) is 0.0800. The molecule has 0 spiro atoms. The molecule has 0 saturated carbocycles. The molecule has 0 aromatic heterocycles. The lowest BCUT2D eigenvalue weighted by Crippen LogP contribution is -2.14. The Kier molecular flexibility index (Phi) is 6.53. The summed E-state index contributed by atoms with van der Waals surface area (Å²) >= 11 is 12.2. The molecular formula is C25H18Cl2FNO4S. The number of fused-ring (bicyclic) bond motifs is 1. The molecule has 0 fully saturated rings. The Morgan fingerprint density at radius 1 is 0.912 bits per heavy atom. The summed E-state index contributed by atoms with van der Waals surface area (Å²) in [5, 5.41) is 1.47. The van der Waals surface area contributed by atoms with Crippen LogP contribution in [0.15, 0.2) is 71.6 Å². The van der Waals surface area contributed by atoms with Gasteiger partial charge in [-0.3, -0.25) is 4.72 Å². The largest absolute Gasteiger partial charge is 0.465 e. The first-order chi connectivity index (χ1) is 16.1. The molecule has 4 aromatic carbocycles. The minimum Gasteiger partial charge on any atom is -0.465 e. The van der Waals surface area contributed by atoms with E-state index in [0.717, 1.165) is 0 Å². The Balaban J connectivity index is 1.84. The van der Waals surface area contributed by atoms with Crippen LogP contribution in [0.3, 0.4) is 0 Å². The maximum absolute atomic E-state index is 14.8. The second kappa shape index (κ2) is 9.25. The zero-order valence-electron chi connectivity index (χ0n) is 18.0. The maximum atomic E-state index is 14.8. The number of aryl methyl sites for hydroxylation is 1. The maximum Gasteiger partial charge on any atom is 0.337 e. The highest BCUT2D eigenvalue weighted by Gasteiger charge is 2.22. The van der Waals surface area contributed by atoms with E-state index in [1.165, 1.54) is 43.5 Å². The van der Waals surface area contributed by atoms with E-state index in [1.807, 2.05) is 0 Å². The fourth-order valence-electron chi connectivity index (χ4n) is 3.64. The minimum absolute atomic E-state index is 0.00859. The number of esters is 1. The third-order valence-corrected chi connectivity index (χ3v) is 7.59. The molecule has 34 heavy (non-hydrogen) atoms. The Morgan fingerprint density at radius 3 is 2.32 bits per heavy atom. The van der Waals surface area contributed by atoms with Crippen molar-refractivity contribution in [1.29, 1.82) is 0 Å². The Bertz CT molecular complexity index is 1550. The smallest absolute Gasteiger partial charge is 0.337 e. The summed E-state index contributed by atoms with van der Waals surface area (Å²) in [6.45, 7) is 1.68. The normalized spacial score (nSPS) is 11.4. The van der Waals surface area contributed by atoms with Crippen molar-refractivity contribution in [1.82, 2.24) is 0 Å². The zero-order valence-corrected chi connectivity index (χ0v) is 20.4. The van der Waals surface area contributed by atoms with Gasteiger partial charge in [-0.25, -0.2) is 17.6 Å². The van der Waals surface area contributed by atoms with Gasteiger partial charge in [-0.2, -0.15) is 0 Å². The first kappa shape index (κ1) is 24.0. The van der Waals surface area contributed by atoms with Gasteiger partial charge in [0.2, 0.25) is 0 Å². The number of carbonyl (C=O) groups is 1. The van der Waals surface area contributed by atoms with Gasteiger partial charge in [-0.15, -0.1) is 0 Å². The van der Waals surface area contributed by atoms with Crippen LogP contribution in [0.4, 0.5) is 10.1 Å². The van der Waals surface area contributed by atoms with Gasteiger partial charge in [-0.1, -0.05) is 53.5 Å². The van der Waals surface area contributed by atoms with E-state index in [0.29, 0.717) is 26.9 Å². The molecule has 0 aliphatic rings. The Morgan fingerprint density at radius 2 is 1.62 bits per heavy atom. The summed E-state index contributed by atoms with van der Waals surface area (Å²) in [5.41, 5.74) is 1.72. The fourth-order valence-corrected chi connectivity index (χ4v) is 5.55. The van der Waals surface area contributed by atoms with E-state index in [-0.39, 0.29) is 26.7 Å². The van der Waals surface area contributed by atoms with Crippen molar-refractivity contribution in [2.45, 2.75) is 11.8 Å². The van der Waals surface area contributed by atoms with Crippen molar-refractivity contribution in [3.8, 4) is 11.1 Å². The van der Waals surface area contributed by atoms with Crippen LogP contribution in [-0.4, -0.2) is 21.5 Å². The second-order valence-corrected chi connectivity index (χ2v) is 10.00. The number of halogens is 3. The van der Waals surface area contributed by atoms with Crippen molar-refractivity contribution in [2.75, 3.05) is 11.8 Å². The molecule has 0 amide bonds. The minimum atomic E-state index is -4.06. The van der Waals surface area contributed by atoms with Crippen LogP contribution in [0.2, 0.25) is 10.0 Å². The van der Waals surface area contributed by atoms with Crippen molar-refractivity contribution in [3.63, 3.8) is 0 Å². The highest BCUT2D eigenvalue weighted by atomic mass is 35.5. The third kappa shape index (κ3) is 4.46. The summed E-state index contributed by atoms with van der Waals surface area (Å²) in [6.07, 6.45) is 0. The number of methoxy groups -OCH3 is 1. The van der Waals surface area contributed by atoms with Gasteiger partial charge in [-0.05, 0) is 59.8 Å². The molecule has 0 heterocycles. The SMILES string of the molecule is COC(=O)c1ccc(F)c(-c2ccc(NS(=O)(=O)c3cc(C)c(Cl)cc3Cl)c3ccccc23)c1. The molecule has 0 saturated heterocycles. The molecule has 5 nitrogen and oxygen atoms in total. The van der Waals surface area contributed by atoms with Crippen LogP contribution in [0.25, 0.3) is 21.9 Å². The average Bonchev–Trinajstić information content (AvgIpc) is 2.81. The van der Waals surface area contributed by atoms with E-state index in [1.54, 1.807) is 37.3 Å². The molecule has 0 aliphatic heterocycles. The van der Waals surface area contributed by atoms with Crippen molar-refractivity contribution < 1.29 is 22.3 Å². The molecule has 1 N–H and O–H groups in total. The summed E-state index contributed by atoms with van der Waals surface area (Å²) in [4.78, 5) is 11.8. The molecule has 4 rings (SSSR count). The van der Waals surface area contributed by atoms with Crippen LogP contribution >= 0.6 is 23.2 Å². The molecule has 4 aromatic rings. The van der Waals surface area contributed by atoms with E-state index >= 15 is 0 Å². The molecule has 0 unspecified atom stereocenters.